The molecule has 0 heterocycles. The Bertz CT molecular complexity index is 182. The first-order valence-corrected chi connectivity index (χ1v) is 4.26. The van der Waals surface area contributed by atoms with Crippen molar-refractivity contribution < 1.29 is 14.6 Å². The smallest absolute Gasteiger partial charge is 0.335 e. The standard InChI is InChI=1S/C9H16O3/c1-9(2,6-4-5-6)7(10)8(11)12-3/h6-7,10H,4-5H2,1-3H3. The van der Waals surface area contributed by atoms with Crippen LogP contribution in [0.25, 0.3) is 0 Å². The molecule has 0 aromatic heterocycles. The molecule has 1 unspecified atom stereocenters. The molecule has 3 nitrogen and oxygen atoms in total. The van der Waals surface area contributed by atoms with Crippen molar-refractivity contribution in [2.75, 3.05) is 7.11 Å². The van der Waals surface area contributed by atoms with Gasteiger partial charge in [0.2, 0.25) is 0 Å². The Kier molecular flexibility index (Phi) is 2.42. The van der Waals surface area contributed by atoms with Gasteiger partial charge in [0.05, 0.1) is 7.11 Å². The molecule has 0 aromatic rings. The normalized spacial score (nSPS) is 20.3. The van der Waals surface area contributed by atoms with E-state index in [1.54, 1.807) is 0 Å². The van der Waals surface area contributed by atoms with Gasteiger partial charge >= 0.3 is 5.97 Å². The van der Waals surface area contributed by atoms with Crippen molar-refractivity contribution in [3.05, 3.63) is 0 Å². The molecule has 0 radical (unpaired) electrons. The number of esters is 1. The first-order valence-electron chi connectivity index (χ1n) is 4.26. The van der Waals surface area contributed by atoms with Gasteiger partial charge in [-0.05, 0) is 18.8 Å². The number of aliphatic hydroxyl groups is 1. The van der Waals surface area contributed by atoms with E-state index in [0.29, 0.717) is 5.92 Å². The molecule has 1 fully saturated rings. The van der Waals surface area contributed by atoms with Crippen molar-refractivity contribution in [2.24, 2.45) is 11.3 Å². The third-order valence-corrected chi connectivity index (χ3v) is 2.76. The average molecular weight is 172 g/mol. The summed E-state index contributed by atoms with van der Waals surface area (Å²) in [5, 5.41) is 9.58. The highest BCUT2D eigenvalue weighted by Crippen LogP contribution is 2.47. The second kappa shape index (κ2) is 3.05. The fourth-order valence-electron chi connectivity index (χ4n) is 1.47. The lowest BCUT2D eigenvalue weighted by atomic mass is 9.81. The van der Waals surface area contributed by atoms with E-state index >= 15 is 0 Å². The van der Waals surface area contributed by atoms with Gasteiger partial charge in [-0.15, -0.1) is 0 Å². The highest BCUT2D eigenvalue weighted by Gasteiger charge is 2.46. The molecular weight excluding hydrogens is 156 g/mol. The molecule has 1 N–H and O–H groups in total. The van der Waals surface area contributed by atoms with E-state index in [2.05, 4.69) is 4.74 Å². The van der Waals surface area contributed by atoms with Crippen LogP contribution in [-0.2, 0) is 9.53 Å². The molecule has 1 atom stereocenters. The molecule has 0 spiro atoms. The second-order valence-electron chi connectivity index (χ2n) is 4.02. The fraction of sp³-hybridized carbons (Fsp3) is 0.889. The summed E-state index contributed by atoms with van der Waals surface area (Å²) in [4.78, 5) is 11.0. The second-order valence-corrected chi connectivity index (χ2v) is 4.02. The summed E-state index contributed by atoms with van der Waals surface area (Å²) in [5.74, 6) is -0.0431. The molecule has 1 rings (SSSR count). The SMILES string of the molecule is COC(=O)C(O)C(C)(C)C1CC1. The lowest BCUT2D eigenvalue weighted by molar-refractivity contribution is -0.157. The maximum absolute atomic E-state index is 11.0. The van der Waals surface area contributed by atoms with E-state index in [1.807, 2.05) is 13.8 Å². The summed E-state index contributed by atoms with van der Waals surface area (Å²) < 4.78 is 4.49. The highest BCUT2D eigenvalue weighted by molar-refractivity contribution is 5.75. The number of hydrogen-bond acceptors (Lipinski definition) is 3. The molecule has 1 aliphatic carbocycles. The molecule has 0 aliphatic heterocycles. The van der Waals surface area contributed by atoms with Crippen molar-refractivity contribution in [1.29, 1.82) is 0 Å². The van der Waals surface area contributed by atoms with E-state index in [9.17, 15) is 9.90 Å². The lowest BCUT2D eigenvalue weighted by Crippen LogP contribution is -2.38. The van der Waals surface area contributed by atoms with Crippen molar-refractivity contribution in [1.82, 2.24) is 0 Å². The van der Waals surface area contributed by atoms with Crippen molar-refractivity contribution >= 4 is 5.97 Å². The molecule has 3 heteroatoms. The predicted molar refractivity (Wildman–Crippen MR) is 44.5 cm³/mol. The number of carbonyl (C=O) groups excluding carboxylic acids is 1. The summed E-state index contributed by atoms with van der Waals surface area (Å²) in [6.07, 6.45) is 1.25. The van der Waals surface area contributed by atoms with Gasteiger partial charge in [-0.1, -0.05) is 13.8 Å². The van der Waals surface area contributed by atoms with Gasteiger partial charge in [-0.2, -0.15) is 0 Å². The Hall–Kier alpha value is -0.570. The molecule has 0 saturated heterocycles. The van der Waals surface area contributed by atoms with Gasteiger partial charge in [-0.3, -0.25) is 0 Å². The van der Waals surface area contributed by atoms with Gasteiger partial charge < -0.3 is 9.84 Å². The molecule has 1 aliphatic rings. The van der Waals surface area contributed by atoms with Crippen molar-refractivity contribution in [3.8, 4) is 0 Å². The maximum Gasteiger partial charge on any atom is 0.335 e. The van der Waals surface area contributed by atoms with Crippen LogP contribution in [0.5, 0.6) is 0 Å². The van der Waals surface area contributed by atoms with Crippen LogP contribution in [0.4, 0.5) is 0 Å². The predicted octanol–water partition coefficient (Wildman–Crippen LogP) is 0.956. The summed E-state index contributed by atoms with van der Waals surface area (Å²) >= 11 is 0. The first-order chi connectivity index (χ1) is 5.50. The Morgan fingerprint density at radius 2 is 2.08 bits per heavy atom. The van der Waals surface area contributed by atoms with E-state index in [-0.39, 0.29) is 5.41 Å². The van der Waals surface area contributed by atoms with Crippen LogP contribution in [0.1, 0.15) is 26.7 Å². The van der Waals surface area contributed by atoms with E-state index in [0.717, 1.165) is 12.8 Å². The number of methoxy groups -OCH3 is 1. The van der Waals surface area contributed by atoms with E-state index in [1.165, 1.54) is 7.11 Å². The summed E-state index contributed by atoms with van der Waals surface area (Å²) in [5.41, 5.74) is -0.326. The quantitative estimate of drug-likeness (QED) is 0.645. The van der Waals surface area contributed by atoms with Gasteiger partial charge in [0.25, 0.3) is 0 Å². The van der Waals surface area contributed by atoms with Gasteiger partial charge in [0.15, 0.2) is 6.10 Å². The zero-order valence-corrected chi connectivity index (χ0v) is 7.83. The molecular formula is C9H16O3. The summed E-state index contributed by atoms with van der Waals surface area (Å²) in [7, 11) is 1.30. The van der Waals surface area contributed by atoms with Crippen LogP contribution in [-0.4, -0.2) is 24.3 Å². The van der Waals surface area contributed by atoms with Gasteiger partial charge in [0, 0.05) is 5.41 Å². The minimum absolute atomic E-state index is 0.326. The molecule has 1 saturated carbocycles. The van der Waals surface area contributed by atoms with Crippen molar-refractivity contribution in [3.63, 3.8) is 0 Å². The van der Waals surface area contributed by atoms with Crippen LogP contribution >= 0.6 is 0 Å². The Labute approximate surface area is 72.7 Å². The minimum atomic E-state index is -0.977. The Balaban J connectivity index is 2.59. The van der Waals surface area contributed by atoms with Crippen LogP contribution in [0.2, 0.25) is 0 Å². The third-order valence-electron chi connectivity index (χ3n) is 2.76. The van der Waals surface area contributed by atoms with Gasteiger partial charge in [-0.25, -0.2) is 4.79 Å². The molecule has 12 heavy (non-hydrogen) atoms. The summed E-state index contributed by atoms with van der Waals surface area (Å²) in [6, 6.07) is 0. The number of carbonyl (C=O) groups is 1. The van der Waals surface area contributed by atoms with Crippen LogP contribution in [0.3, 0.4) is 0 Å². The monoisotopic (exact) mass is 172 g/mol. The highest BCUT2D eigenvalue weighted by atomic mass is 16.5. The molecule has 0 aromatic carbocycles. The molecule has 70 valence electrons. The Morgan fingerprint density at radius 1 is 1.58 bits per heavy atom. The average Bonchev–Trinajstić information content (AvgIpc) is 2.83. The number of hydrogen-bond donors (Lipinski definition) is 1. The topological polar surface area (TPSA) is 46.5 Å². The van der Waals surface area contributed by atoms with Gasteiger partial charge in [0.1, 0.15) is 0 Å². The molecule has 0 bridgehead atoms. The van der Waals surface area contributed by atoms with Crippen LogP contribution in [0, 0.1) is 11.3 Å². The fourth-order valence-corrected chi connectivity index (χ4v) is 1.47. The number of ether oxygens (including phenoxy) is 1. The summed E-state index contributed by atoms with van der Waals surface area (Å²) in [6.45, 7) is 3.82. The van der Waals surface area contributed by atoms with Crippen molar-refractivity contribution in [2.45, 2.75) is 32.8 Å². The molecule has 0 amide bonds. The number of aliphatic hydroxyl groups excluding tert-OH is 1. The maximum atomic E-state index is 11.0. The van der Waals surface area contributed by atoms with Crippen LogP contribution in [0.15, 0.2) is 0 Å². The number of rotatable bonds is 3. The zero-order chi connectivity index (χ0) is 9.35. The minimum Gasteiger partial charge on any atom is -0.467 e. The third kappa shape index (κ3) is 1.61. The zero-order valence-electron chi connectivity index (χ0n) is 7.83. The van der Waals surface area contributed by atoms with Crippen LogP contribution < -0.4 is 0 Å². The lowest BCUT2D eigenvalue weighted by Gasteiger charge is -2.28. The van der Waals surface area contributed by atoms with E-state index < -0.39 is 12.1 Å². The first kappa shape index (κ1) is 9.52. The largest absolute Gasteiger partial charge is 0.467 e. The van der Waals surface area contributed by atoms with E-state index in [4.69, 9.17) is 0 Å². The Morgan fingerprint density at radius 3 is 2.42 bits per heavy atom.